The maximum absolute atomic E-state index is 11.4. The van der Waals surface area contributed by atoms with Crippen LogP contribution in [0.3, 0.4) is 0 Å². The molecular weight excluding hydrogens is 266 g/mol. The Morgan fingerprint density at radius 2 is 2.15 bits per heavy atom. The van der Waals surface area contributed by atoms with Crippen molar-refractivity contribution in [1.82, 2.24) is 0 Å². The highest BCUT2D eigenvalue weighted by Gasteiger charge is 2.42. The van der Waals surface area contributed by atoms with Crippen LogP contribution in [-0.2, 0) is 9.53 Å². The van der Waals surface area contributed by atoms with E-state index in [0.717, 1.165) is 0 Å². The van der Waals surface area contributed by atoms with Crippen LogP contribution in [0.25, 0.3) is 0 Å². The van der Waals surface area contributed by atoms with Gasteiger partial charge in [0.25, 0.3) is 5.69 Å². The Morgan fingerprint density at radius 1 is 1.40 bits per heavy atom. The Labute approximate surface area is 115 Å². The van der Waals surface area contributed by atoms with E-state index in [1.165, 1.54) is 25.3 Å². The molecule has 2 rings (SSSR count). The van der Waals surface area contributed by atoms with Crippen LogP contribution in [0, 0.1) is 10.1 Å². The van der Waals surface area contributed by atoms with Crippen LogP contribution in [0.1, 0.15) is 13.3 Å². The van der Waals surface area contributed by atoms with Gasteiger partial charge >= 0.3 is 0 Å². The number of nitro groups is 1. The van der Waals surface area contributed by atoms with Gasteiger partial charge in [0.05, 0.1) is 18.1 Å². The summed E-state index contributed by atoms with van der Waals surface area (Å²) >= 11 is 0. The molecule has 1 aliphatic carbocycles. The van der Waals surface area contributed by atoms with Crippen LogP contribution >= 0.6 is 0 Å². The van der Waals surface area contributed by atoms with E-state index in [2.05, 4.69) is 0 Å². The number of rotatable bonds is 6. The number of ether oxygens (including phenoxy) is 3. The Bertz CT molecular complexity index is 530. The monoisotopic (exact) mass is 281 g/mol. The van der Waals surface area contributed by atoms with Crippen LogP contribution < -0.4 is 9.47 Å². The van der Waals surface area contributed by atoms with E-state index in [4.69, 9.17) is 14.2 Å². The number of carbonyl (C=O) groups excluding carboxylic acids is 1. The Kier molecular flexibility index (Phi) is 4.19. The van der Waals surface area contributed by atoms with E-state index >= 15 is 0 Å². The quantitative estimate of drug-likeness (QED) is 0.583. The van der Waals surface area contributed by atoms with Gasteiger partial charge < -0.3 is 14.2 Å². The average Bonchev–Trinajstić information content (AvgIpc) is 2.44. The first-order valence-corrected chi connectivity index (χ1v) is 6.20. The molecule has 0 radical (unpaired) electrons. The number of hydrogen-bond acceptors (Lipinski definition) is 6. The number of Topliss-reactive ketones (excluding diaryl/α,β-unsaturated/α-hetero) is 1. The molecule has 0 N–H and O–H groups in total. The maximum Gasteiger partial charge on any atom is 0.273 e. The molecule has 7 nitrogen and oxygen atoms in total. The third-order valence-electron chi connectivity index (χ3n) is 3.04. The van der Waals surface area contributed by atoms with E-state index in [9.17, 15) is 14.9 Å². The summed E-state index contributed by atoms with van der Waals surface area (Å²) in [5.74, 6) is 0.617. The van der Waals surface area contributed by atoms with Gasteiger partial charge in [0.15, 0.2) is 23.4 Å². The first kappa shape index (κ1) is 14.3. The normalized spacial score (nSPS) is 21.2. The lowest BCUT2D eigenvalue weighted by molar-refractivity contribution is -0.385. The highest BCUT2D eigenvalue weighted by atomic mass is 16.6. The molecule has 0 heterocycles. The number of methoxy groups -OCH3 is 1. The number of benzene rings is 1. The zero-order valence-electron chi connectivity index (χ0n) is 11.2. The van der Waals surface area contributed by atoms with E-state index in [1.807, 2.05) is 0 Å². The molecule has 0 spiro atoms. The second-order valence-corrected chi connectivity index (χ2v) is 4.29. The topological polar surface area (TPSA) is 87.9 Å². The highest BCUT2D eigenvalue weighted by Crippen LogP contribution is 2.34. The molecule has 1 saturated carbocycles. The van der Waals surface area contributed by atoms with Crippen molar-refractivity contribution in [2.45, 2.75) is 25.6 Å². The average molecular weight is 281 g/mol. The van der Waals surface area contributed by atoms with Gasteiger partial charge in [0, 0.05) is 19.1 Å². The SMILES string of the molecule is CCOC1C(=O)CC1Oc1ccc([N+](=O)[O-])cc1OC. The molecule has 20 heavy (non-hydrogen) atoms. The van der Waals surface area contributed by atoms with E-state index in [-0.39, 0.29) is 29.7 Å². The minimum absolute atomic E-state index is 0.00210. The van der Waals surface area contributed by atoms with Gasteiger partial charge in [-0.15, -0.1) is 0 Å². The lowest BCUT2D eigenvalue weighted by Gasteiger charge is -2.34. The minimum Gasteiger partial charge on any atom is -0.493 e. The van der Waals surface area contributed by atoms with E-state index in [0.29, 0.717) is 12.4 Å². The summed E-state index contributed by atoms with van der Waals surface area (Å²) in [6.45, 7) is 2.22. The van der Waals surface area contributed by atoms with Crippen molar-refractivity contribution in [2.24, 2.45) is 0 Å². The first-order chi connectivity index (χ1) is 9.56. The predicted molar refractivity (Wildman–Crippen MR) is 69.1 cm³/mol. The molecule has 2 unspecified atom stereocenters. The third-order valence-corrected chi connectivity index (χ3v) is 3.04. The molecule has 7 heteroatoms. The predicted octanol–water partition coefficient (Wildman–Crippen LogP) is 1.73. The van der Waals surface area contributed by atoms with Gasteiger partial charge in [0.2, 0.25) is 0 Å². The van der Waals surface area contributed by atoms with Gasteiger partial charge in [-0.2, -0.15) is 0 Å². The standard InChI is InChI=1S/C13H15NO6/c1-3-19-13-9(15)7-12(13)20-10-5-4-8(14(16)17)6-11(10)18-2/h4-6,12-13H,3,7H2,1-2H3. The summed E-state index contributed by atoms with van der Waals surface area (Å²) < 4.78 is 16.0. The fourth-order valence-corrected chi connectivity index (χ4v) is 1.98. The summed E-state index contributed by atoms with van der Waals surface area (Å²) in [6, 6.07) is 4.07. The van der Waals surface area contributed by atoms with Crippen LogP contribution in [-0.4, -0.2) is 36.6 Å². The number of nitro benzene ring substituents is 1. The van der Waals surface area contributed by atoms with Crippen molar-refractivity contribution in [1.29, 1.82) is 0 Å². The van der Waals surface area contributed by atoms with Gasteiger partial charge in [-0.3, -0.25) is 14.9 Å². The van der Waals surface area contributed by atoms with Crippen LogP contribution in [0.5, 0.6) is 11.5 Å². The molecule has 0 aliphatic heterocycles. The zero-order valence-corrected chi connectivity index (χ0v) is 11.2. The lowest BCUT2D eigenvalue weighted by atomic mass is 9.90. The Balaban J connectivity index is 2.13. The van der Waals surface area contributed by atoms with Crippen LogP contribution in [0.15, 0.2) is 18.2 Å². The molecule has 0 saturated heterocycles. The third kappa shape index (κ3) is 2.72. The first-order valence-electron chi connectivity index (χ1n) is 6.20. The molecule has 0 bridgehead atoms. The Morgan fingerprint density at radius 3 is 2.70 bits per heavy atom. The van der Waals surface area contributed by atoms with E-state index in [1.54, 1.807) is 6.92 Å². The van der Waals surface area contributed by atoms with Gasteiger partial charge in [-0.1, -0.05) is 0 Å². The van der Waals surface area contributed by atoms with Crippen molar-refractivity contribution in [3.05, 3.63) is 28.3 Å². The summed E-state index contributed by atoms with van der Waals surface area (Å²) in [4.78, 5) is 21.6. The zero-order chi connectivity index (χ0) is 14.7. The largest absolute Gasteiger partial charge is 0.493 e. The number of non-ortho nitro benzene ring substituents is 1. The number of nitrogens with zero attached hydrogens (tertiary/aromatic N) is 1. The Hall–Kier alpha value is -2.15. The van der Waals surface area contributed by atoms with Crippen molar-refractivity contribution in [3.8, 4) is 11.5 Å². The highest BCUT2D eigenvalue weighted by molar-refractivity contribution is 5.90. The molecule has 0 aromatic heterocycles. The molecule has 1 aromatic carbocycles. The lowest BCUT2D eigenvalue weighted by Crippen LogP contribution is -2.52. The van der Waals surface area contributed by atoms with E-state index < -0.39 is 11.0 Å². The number of ketones is 1. The maximum atomic E-state index is 11.4. The molecule has 108 valence electrons. The molecule has 1 aromatic rings. The second kappa shape index (κ2) is 5.87. The summed E-state index contributed by atoms with van der Waals surface area (Å²) in [5, 5.41) is 10.7. The summed E-state index contributed by atoms with van der Waals surface area (Å²) in [6.07, 6.45) is -0.678. The van der Waals surface area contributed by atoms with Crippen molar-refractivity contribution < 1.29 is 23.9 Å². The van der Waals surface area contributed by atoms with Crippen molar-refractivity contribution >= 4 is 11.5 Å². The minimum atomic E-state index is -0.570. The van der Waals surface area contributed by atoms with Crippen LogP contribution in [0.2, 0.25) is 0 Å². The van der Waals surface area contributed by atoms with Gasteiger partial charge in [-0.25, -0.2) is 0 Å². The number of carbonyl (C=O) groups is 1. The molecule has 2 atom stereocenters. The van der Waals surface area contributed by atoms with Gasteiger partial charge in [-0.05, 0) is 13.0 Å². The fourth-order valence-electron chi connectivity index (χ4n) is 1.98. The smallest absolute Gasteiger partial charge is 0.273 e. The summed E-state index contributed by atoms with van der Waals surface area (Å²) in [7, 11) is 1.40. The molecule has 1 fully saturated rings. The van der Waals surface area contributed by atoms with Crippen LogP contribution in [0.4, 0.5) is 5.69 Å². The molecule has 1 aliphatic rings. The number of hydrogen-bond donors (Lipinski definition) is 0. The molecule has 0 amide bonds. The fraction of sp³-hybridized carbons (Fsp3) is 0.462. The van der Waals surface area contributed by atoms with Gasteiger partial charge in [0.1, 0.15) is 6.10 Å². The van der Waals surface area contributed by atoms with Crippen molar-refractivity contribution in [3.63, 3.8) is 0 Å². The molecular formula is C13H15NO6. The van der Waals surface area contributed by atoms with Crippen molar-refractivity contribution in [2.75, 3.05) is 13.7 Å². The second-order valence-electron chi connectivity index (χ2n) is 4.29. The summed E-state index contributed by atoms with van der Waals surface area (Å²) in [5.41, 5.74) is -0.0831.